The fourth-order valence-electron chi connectivity index (χ4n) is 5.25. The molecule has 9 heteroatoms. The number of hydrogen-bond donors (Lipinski definition) is 1. The van der Waals surface area contributed by atoms with Crippen LogP contribution in [-0.2, 0) is 32.3 Å². The van der Waals surface area contributed by atoms with Gasteiger partial charge in [-0.3, -0.25) is 19.8 Å². The van der Waals surface area contributed by atoms with Crippen molar-refractivity contribution in [3.05, 3.63) is 83.1 Å². The van der Waals surface area contributed by atoms with E-state index in [4.69, 9.17) is 0 Å². The Morgan fingerprint density at radius 1 is 1.07 bits per heavy atom. The van der Waals surface area contributed by atoms with Crippen LogP contribution in [0.5, 0.6) is 0 Å². The summed E-state index contributed by atoms with van der Waals surface area (Å²) in [5.74, 6) is -0.377. The molecule has 2 heterocycles. The van der Waals surface area contributed by atoms with Crippen LogP contribution in [0.4, 0.5) is 0 Å². The summed E-state index contributed by atoms with van der Waals surface area (Å²) in [5, 5.41) is 11.7. The van der Waals surface area contributed by atoms with E-state index in [0.29, 0.717) is 31.0 Å². The molecule has 0 aliphatic carbocycles. The molecular formula is C32H39N3O5S. The molecule has 2 amide bonds. The van der Waals surface area contributed by atoms with Crippen LogP contribution in [0, 0.1) is 12.3 Å². The Hall–Kier alpha value is -3.56. The molecule has 3 aromatic rings. The van der Waals surface area contributed by atoms with Crippen molar-refractivity contribution < 1.29 is 23.2 Å². The monoisotopic (exact) mass is 577 g/mol. The summed E-state index contributed by atoms with van der Waals surface area (Å²) in [5.41, 5.74) is 4.57. The van der Waals surface area contributed by atoms with Crippen LogP contribution in [-0.4, -0.2) is 65.8 Å². The summed E-state index contributed by atoms with van der Waals surface area (Å²) in [6, 6.07) is 15.9. The second kappa shape index (κ2) is 12.5. The first kappa shape index (κ1) is 30.4. The Kier molecular flexibility index (Phi) is 9.29. The van der Waals surface area contributed by atoms with Crippen LogP contribution in [0.3, 0.4) is 0 Å². The number of aromatic nitrogens is 1. The van der Waals surface area contributed by atoms with E-state index in [0.717, 1.165) is 40.6 Å². The molecule has 1 saturated heterocycles. The minimum absolute atomic E-state index is 0.0695. The molecule has 0 saturated carbocycles. The van der Waals surface area contributed by atoms with Gasteiger partial charge in [-0.2, -0.15) is 0 Å². The van der Waals surface area contributed by atoms with Crippen molar-refractivity contribution in [2.45, 2.75) is 64.3 Å². The molecule has 1 atom stereocenters. The van der Waals surface area contributed by atoms with Crippen molar-refractivity contribution in [1.29, 1.82) is 0 Å². The molecule has 218 valence electrons. The number of fused-ring (bicyclic) bond motifs is 1. The van der Waals surface area contributed by atoms with Crippen LogP contribution in [0.25, 0.3) is 10.9 Å². The summed E-state index contributed by atoms with van der Waals surface area (Å²) in [7, 11) is -3.81. The van der Waals surface area contributed by atoms with Crippen molar-refractivity contribution in [3.63, 3.8) is 0 Å². The summed E-state index contributed by atoms with van der Waals surface area (Å²) < 4.78 is 26.6. The highest BCUT2D eigenvalue weighted by atomic mass is 32.2. The van der Waals surface area contributed by atoms with Gasteiger partial charge in [0.25, 0.3) is 0 Å². The molecule has 1 aromatic heterocycles. The van der Waals surface area contributed by atoms with Gasteiger partial charge >= 0.3 is 0 Å². The molecule has 8 nitrogen and oxygen atoms in total. The Morgan fingerprint density at radius 3 is 2.37 bits per heavy atom. The zero-order valence-corrected chi connectivity index (χ0v) is 25.0. The maximum absolute atomic E-state index is 13.3. The molecule has 0 spiro atoms. The first-order valence-electron chi connectivity index (χ1n) is 14.0. The summed E-state index contributed by atoms with van der Waals surface area (Å²) >= 11 is 0. The van der Waals surface area contributed by atoms with Gasteiger partial charge in [0, 0.05) is 29.6 Å². The predicted octanol–water partition coefficient (Wildman–Crippen LogP) is 4.91. The van der Waals surface area contributed by atoms with Crippen LogP contribution in [0.1, 0.15) is 50.4 Å². The standard InChI is InChI=1S/C32H39N3O5S/c1-23-19-26(29-7-5-6-8-30(29)33-23)12-9-24-10-13-28(14-11-24)41(39,40)21-27(35(38)22-36)20-25-15-17-34(18-16-25)31(37)32(2,3)4/h5-8,10-11,13-14,19-20,22,27,38H,9,12,15-18,21H2,1-4H3. The highest BCUT2D eigenvalue weighted by Crippen LogP contribution is 2.25. The van der Waals surface area contributed by atoms with Gasteiger partial charge in [0.15, 0.2) is 9.84 Å². The Balaban J connectivity index is 1.43. The largest absolute Gasteiger partial charge is 0.342 e. The van der Waals surface area contributed by atoms with Gasteiger partial charge in [0.2, 0.25) is 12.3 Å². The average molecular weight is 578 g/mol. The van der Waals surface area contributed by atoms with Gasteiger partial charge in [0.05, 0.1) is 22.2 Å². The molecule has 1 aliphatic rings. The Labute approximate surface area is 242 Å². The number of hydrogen-bond acceptors (Lipinski definition) is 6. The smallest absolute Gasteiger partial charge is 0.233 e. The van der Waals surface area contributed by atoms with Gasteiger partial charge < -0.3 is 4.90 Å². The number of carbonyl (C=O) groups excluding carboxylic acids is 2. The zero-order valence-electron chi connectivity index (χ0n) is 24.2. The molecule has 0 radical (unpaired) electrons. The highest BCUT2D eigenvalue weighted by Gasteiger charge is 2.30. The second-order valence-corrected chi connectivity index (χ2v) is 13.8. The fraction of sp³-hybridized carbons (Fsp3) is 0.406. The third-order valence-corrected chi connectivity index (χ3v) is 9.27. The maximum atomic E-state index is 13.3. The first-order chi connectivity index (χ1) is 19.4. The number of para-hydroxylation sites is 1. The van der Waals surface area contributed by atoms with E-state index in [-0.39, 0.29) is 17.2 Å². The van der Waals surface area contributed by atoms with Gasteiger partial charge in [-0.15, -0.1) is 0 Å². The van der Waals surface area contributed by atoms with Crippen LogP contribution >= 0.6 is 0 Å². The third-order valence-electron chi connectivity index (χ3n) is 7.50. The maximum Gasteiger partial charge on any atom is 0.233 e. The summed E-state index contributed by atoms with van der Waals surface area (Å²) in [4.78, 5) is 30.5. The SMILES string of the molecule is Cc1cc(CCc2ccc(S(=O)(=O)CC(C=C3CCN(C(=O)C(C)(C)C)CC3)N(O)C=O)cc2)c2ccccc2n1. The van der Waals surface area contributed by atoms with Crippen LogP contribution < -0.4 is 0 Å². The number of nitrogens with zero attached hydrogens (tertiary/aromatic N) is 3. The highest BCUT2D eigenvalue weighted by molar-refractivity contribution is 7.91. The van der Waals surface area contributed by atoms with Crippen molar-refractivity contribution in [2.24, 2.45) is 5.41 Å². The van der Waals surface area contributed by atoms with E-state index < -0.39 is 27.0 Å². The lowest BCUT2D eigenvalue weighted by Gasteiger charge is -2.34. The van der Waals surface area contributed by atoms with Gasteiger partial charge in [0.1, 0.15) is 0 Å². The molecular weight excluding hydrogens is 538 g/mol. The lowest BCUT2D eigenvalue weighted by Crippen LogP contribution is -2.43. The molecule has 2 aromatic carbocycles. The number of carbonyl (C=O) groups is 2. The quantitative estimate of drug-likeness (QED) is 0.168. The third kappa shape index (κ3) is 7.59. The number of amides is 2. The number of pyridine rings is 1. The van der Waals surface area contributed by atoms with Gasteiger partial charge in [-0.1, -0.05) is 62.8 Å². The van der Waals surface area contributed by atoms with Crippen molar-refractivity contribution in [3.8, 4) is 0 Å². The van der Waals surface area contributed by atoms with E-state index in [2.05, 4.69) is 17.1 Å². The molecule has 1 fully saturated rings. The lowest BCUT2D eigenvalue weighted by molar-refractivity contribution is -0.154. The van der Waals surface area contributed by atoms with E-state index in [1.54, 1.807) is 23.1 Å². The van der Waals surface area contributed by atoms with Crippen molar-refractivity contribution in [2.75, 3.05) is 18.8 Å². The van der Waals surface area contributed by atoms with Gasteiger partial charge in [-0.25, -0.2) is 13.5 Å². The first-order valence-corrected chi connectivity index (χ1v) is 15.6. The average Bonchev–Trinajstić information content (AvgIpc) is 2.94. The lowest BCUT2D eigenvalue weighted by atomic mass is 9.92. The molecule has 1 aliphatic heterocycles. The van der Waals surface area contributed by atoms with E-state index >= 15 is 0 Å². The van der Waals surface area contributed by atoms with Crippen molar-refractivity contribution >= 4 is 33.1 Å². The zero-order chi connectivity index (χ0) is 29.8. The van der Waals surface area contributed by atoms with Gasteiger partial charge in [-0.05, 0) is 68.0 Å². The molecule has 1 unspecified atom stereocenters. The second-order valence-electron chi connectivity index (χ2n) is 11.8. The summed E-state index contributed by atoms with van der Waals surface area (Å²) in [6.07, 6.45) is 4.54. The Bertz CT molecular complexity index is 1530. The van der Waals surface area contributed by atoms with Crippen LogP contribution in [0.2, 0.25) is 0 Å². The van der Waals surface area contributed by atoms with Crippen molar-refractivity contribution in [1.82, 2.24) is 14.9 Å². The Morgan fingerprint density at radius 2 is 1.73 bits per heavy atom. The van der Waals surface area contributed by atoms with E-state index in [1.807, 2.05) is 58.0 Å². The molecule has 0 bridgehead atoms. The minimum atomic E-state index is -3.81. The number of likely N-dealkylation sites (tertiary alicyclic amines) is 1. The number of rotatable bonds is 9. The molecule has 1 N–H and O–H groups in total. The number of hydroxylamine groups is 2. The topological polar surface area (TPSA) is 108 Å². The van der Waals surface area contributed by atoms with Crippen LogP contribution in [0.15, 0.2) is 71.1 Å². The normalized spacial score (nSPS) is 15.0. The number of piperidine rings is 1. The molecule has 4 rings (SSSR count). The number of aryl methyl sites for hydroxylation is 3. The fourth-order valence-corrected chi connectivity index (χ4v) is 6.70. The van der Waals surface area contributed by atoms with E-state index in [1.165, 1.54) is 5.56 Å². The minimum Gasteiger partial charge on any atom is -0.342 e. The number of sulfone groups is 1. The number of benzene rings is 2. The molecule has 41 heavy (non-hydrogen) atoms. The van der Waals surface area contributed by atoms with E-state index in [9.17, 15) is 23.2 Å². The summed E-state index contributed by atoms with van der Waals surface area (Å²) in [6.45, 7) is 8.66. The predicted molar refractivity (Wildman–Crippen MR) is 159 cm³/mol.